The molecule has 0 atom stereocenters. The van der Waals surface area contributed by atoms with E-state index in [0.29, 0.717) is 5.15 Å². The van der Waals surface area contributed by atoms with Gasteiger partial charge in [-0.3, -0.25) is 0 Å². The van der Waals surface area contributed by atoms with Gasteiger partial charge in [0.25, 0.3) is 0 Å². The van der Waals surface area contributed by atoms with Gasteiger partial charge in [-0.05, 0) is 41.4 Å². The van der Waals surface area contributed by atoms with E-state index in [1.807, 2.05) is 6.92 Å². The summed E-state index contributed by atoms with van der Waals surface area (Å²) in [7, 11) is 0. The molecule has 0 aliphatic carbocycles. The van der Waals surface area contributed by atoms with Crippen LogP contribution in [0.5, 0.6) is 0 Å². The summed E-state index contributed by atoms with van der Waals surface area (Å²) in [6, 6.07) is 4.21. The van der Waals surface area contributed by atoms with E-state index in [9.17, 15) is 0 Å². The molecule has 2 aromatic heterocycles. The molecule has 0 amide bonds. The van der Waals surface area contributed by atoms with Crippen molar-refractivity contribution in [3.8, 4) is 0 Å². The van der Waals surface area contributed by atoms with Gasteiger partial charge in [-0.1, -0.05) is 32.4 Å². The molecule has 0 saturated heterocycles. The monoisotopic (exact) mass is 387 g/mol. The number of anilines is 1. The largest absolute Gasteiger partial charge is 0.369 e. The van der Waals surface area contributed by atoms with Gasteiger partial charge >= 0.3 is 0 Å². The van der Waals surface area contributed by atoms with Crippen molar-refractivity contribution < 1.29 is 0 Å². The van der Waals surface area contributed by atoms with Crippen molar-refractivity contribution in [2.75, 3.05) is 11.9 Å². The first-order valence-corrected chi connectivity index (χ1v) is 8.79. The molecule has 0 unspecified atom stereocenters. The first-order chi connectivity index (χ1) is 9.77. The van der Waals surface area contributed by atoms with Gasteiger partial charge in [-0.15, -0.1) is 11.3 Å². The molecular weight excluding hydrogens is 370 g/mol. The van der Waals surface area contributed by atoms with Crippen LogP contribution in [0, 0.1) is 6.92 Å². The van der Waals surface area contributed by atoms with Crippen LogP contribution in [0.2, 0.25) is 5.15 Å². The van der Waals surface area contributed by atoms with Crippen LogP contribution >= 0.6 is 38.9 Å². The van der Waals surface area contributed by atoms with Crippen molar-refractivity contribution in [3.05, 3.63) is 37.3 Å². The SMILES string of the molecule is Cc1c(Cl)nc(C(C)(C)C)nc1NCCc1ccc(Br)s1. The maximum Gasteiger partial charge on any atom is 0.137 e. The van der Waals surface area contributed by atoms with Crippen molar-refractivity contribution in [1.29, 1.82) is 0 Å². The van der Waals surface area contributed by atoms with E-state index in [4.69, 9.17) is 11.6 Å². The van der Waals surface area contributed by atoms with E-state index in [2.05, 4.69) is 64.1 Å². The molecule has 0 fully saturated rings. The smallest absolute Gasteiger partial charge is 0.137 e. The van der Waals surface area contributed by atoms with Gasteiger partial charge in [0.15, 0.2) is 0 Å². The molecule has 2 heterocycles. The molecule has 0 bridgehead atoms. The zero-order chi connectivity index (χ0) is 15.6. The fourth-order valence-corrected chi connectivity index (χ4v) is 3.44. The summed E-state index contributed by atoms with van der Waals surface area (Å²) in [5.74, 6) is 1.59. The summed E-state index contributed by atoms with van der Waals surface area (Å²) >= 11 is 11.5. The number of nitrogens with one attached hydrogen (secondary N) is 1. The Morgan fingerprint density at radius 1 is 1.29 bits per heavy atom. The average molecular weight is 389 g/mol. The van der Waals surface area contributed by atoms with E-state index in [-0.39, 0.29) is 5.41 Å². The molecular formula is C15H19BrClN3S. The molecule has 21 heavy (non-hydrogen) atoms. The summed E-state index contributed by atoms with van der Waals surface area (Å²) in [6.07, 6.45) is 0.960. The topological polar surface area (TPSA) is 37.8 Å². The summed E-state index contributed by atoms with van der Waals surface area (Å²) < 4.78 is 1.16. The number of aromatic nitrogens is 2. The van der Waals surface area contributed by atoms with Crippen LogP contribution in [0.3, 0.4) is 0 Å². The average Bonchev–Trinajstić information content (AvgIpc) is 2.79. The van der Waals surface area contributed by atoms with Gasteiger partial charge < -0.3 is 5.32 Å². The van der Waals surface area contributed by atoms with Crippen LogP contribution in [0.15, 0.2) is 15.9 Å². The fraction of sp³-hybridized carbons (Fsp3) is 0.467. The molecule has 3 nitrogen and oxygen atoms in total. The summed E-state index contributed by atoms with van der Waals surface area (Å²) in [5, 5.41) is 3.90. The van der Waals surface area contributed by atoms with E-state index in [0.717, 1.165) is 34.0 Å². The van der Waals surface area contributed by atoms with Gasteiger partial charge in [0.1, 0.15) is 16.8 Å². The summed E-state index contributed by atoms with van der Waals surface area (Å²) in [4.78, 5) is 10.3. The van der Waals surface area contributed by atoms with Gasteiger partial charge in [0.2, 0.25) is 0 Å². The minimum atomic E-state index is -0.119. The molecule has 2 aromatic rings. The Bertz CT molecular complexity index is 634. The van der Waals surface area contributed by atoms with Gasteiger partial charge in [0.05, 0.1) is 3.79 Å². The molecule has 0 radical (unpaired) electrons. The van der Waals surface area contributed by atoms with Crippen LogP contribution in [0.25, 0.3) is 0 Å². The molecule has 0 spiro atoms. The van der Waals surface area contributed by atoms with Gasteiger partial charge in [-0.25, -0.2) is 9.97 Å². The number of thiophene rings is 1. The number of rotatable bonds is 4. The highest BCUT2D eigenvalue weighted by atomic mass is 79.9. The van der Waals surface area contributed by atoms with Crippen LogP contribution in [0.1, 0.15) is 37.0 Å². The molecule has 1 N–H and O–H groups in total. The van der Waals surface area contributed by atoms with Crippen LogP contribution in [0.4, 0.5) is 5.82 Å². The second kappa shape index (κ2) is 6.63. The predicted octanol–water partition coefficient (Wildman–Crippen LogP) is 5.21. The molecule has 6 heteroatoms. The molecule has 2 rings (SSSR count). The third-order valence-electron chi connectivity index (χ3n) is 3.05. The zero-order valence-corrected chi connectivity index (χ0v) is 15.8. The van der Waals surface area contributed by atoms with E-state index in [1.165, 1.54) is 4.88 Å². The third-order valence-corrected chi connectivity index (χ3v) is 5.10. The lowest BCUT2D eigenvalue weighted by Gasteiger charge is -2.19. The lowest BCUT2D eigenvalue weighted by atomic mass is 9.95. The Morgan fingerprint density at radius 3 is 2.57 bits per heavy atom. The first-order valence-electron chi connectivity index (χ1n) is 6.80. The quantitative estimate of drug-likeness (QED) is 0.730. The minimum absolute atomic E-state index is 0.119. The maximum atomic E-state index is 6.23. The fourth-order valence-electron chi connectivity index (χ4n) is 1.79. The zero-order valence-electron chi connectivity index (χ0n) is 12.6. The molecule has 0 saturated carbocycles. The maximum absolute atomic E-state index is 6.23. The molecule has 0 aromatic carbocycles. The van der Waals surface area contributed by atoms with Crippen molar-refractivity contribution in [2.45, 2.75) is 39.5 Å². The van der Waals surface area contributed by atoms with Gasteiger partial charge in [-0.2, -0.15) is 0 Å². The number of hydrogen-bond acceptors (Lipinski definition) is 4. The second-order valence-electron chi connectivity index (χ2n) is 5.94. The van der Waals surface area contributed by atoms with E-state index in [1.54, 1.807) is 11.3 Å². The molecule has 0 aliphatic heterocycles. The van der Waals surface area contributed by atoms with Crippen LogP contribution in [-0.2, 0) is 11.8 Å². The number of halogens is 2. The summed E-state index contributed by atoms with van der Waals surface area (Å²) in [5.41, 5.74) is 0.781. The van der Waals surface area contributed by atoms with Crippen LogP contribution in [-0.4, -0.2) is 16.5 Å². The highest BCUT2D eigenvalue weighted by Gasteiger charge is 2.20. The first kappa shape index (κ1) is 16.7. The summed E-state index contributed by atoms with van der Waals surface area (Å²) in [6.45, 7) is 9.02. The Balaban J connectivity index is 2.10. The van der Waals surface area contributed by atoms with Crippen molar-refractivity contribution in [3.63, 3.8) is 0 Å². The highest BCUT2D eigenvalue weighted by Crippen LogP contribution is 2.26. The molecule has 0 aliphatic rings. The second-order valence-corrected chi connectivity index (χ2v) is 8.85. The van der Waals surface area contributed by atoms with Crippen molar-refractivity contribution in [1.82, 2.24) is 9.97 Å². The van der Waals surface area contributed by atoms with Crippen molar-refractivity contribution >= 4 is 44.7 Å². The lowest BCUT2D eigenvalue weighted by molar-refractivity contribution is 0.545. The Kier molecular flexibility index (Phi) is 5.28. The Labute approximate surface area is 143 Å². The minimum Gasteiger partial charge on any atom is -0.369 e. The normalized spacial score (nSPS) is 11.7. The highest BCUT2D eigenvalue weighted by molar-refractivity contribution is 9.11. The van der Waals surface area contributed by atoms with Gasteiger partial charge in [0, 0.05) is 22.4 Å². The lowest BCUT2D eigenvalue weighted by Crippen LogP contribution is -2.18. The predicted molar refractivity (Wildman–Crippen MR) is 94.7 cm³/mol. The van der Waals surface area contributed by atoms with E-state index < -0.39 is 0 Å². The molecule has 114 valence electrons. The Hall–Kier alpha value is -0.650. The van der Waals surface area contributed by atoms with Crippen molar-refractivity contribution in [2.24, 2.45) is 0 Å². The third kappa shape index (κ3) is 4.41. The van der Waals surface area contributed by atoms with E-state index >= 15 is 0 Å². The Morgan fingerprint density at radius 2 is 2.00 bits per heavy atom. The van der Waals surface area contributed by atoms with Crippen LogP contribution < -0.4 is 5.32 Å². The number of hydrogen-bond donors (Lipinski definition) is 1. The standard InChI is InChI=1S/C15H19BrClN3S/c1-9-12(17)19-14(15(2,3)4)20-13(9)18-8-7-10-5-6-11(16)21-10/h5-6H,7-8H2,1-4H3,(H,18,19,20). The number of nitrogens with zero attached hydrogens (tertiary/aromatic N) is 2.